The van der Waals surface area contributed by atoms with Gasteiger partial charge >= 0.3 is 0 Å². The Bertz CT molecular complexity index is 422. The average molecular weight is 282 g/mol. The number of rotatable bonds is 5. The van der Waals surface area contributed by atoms with Crippen molar-refractivity contribution >= 4 is 23.4 Å². The highest BCUT2D eigenvalue weighted by Gasteiger charge is 2.13. The number of hydrogen-bond acceptors (Lipinski definition) is 3. The molecule has 0 saturated carbocycles. The SMILES string of the molecule is O=C(CSCC1CCCNC1)Nc1ccccc1F. The van der Waals surface area contributed by atoms with Crippen molar-refractivity contribution in [2.75, 3.05) is 29.9 Å². The fourth-order valence-electron chi connectivity index (χ4n) is 2.13. The van der Waals surface area contributed by atoms with Crippen LogP contribution in [0, 0.1) is 11.7 Å². The summed E-state index contributed by atoms with van der Waals surface area (Å²) < 4.78 is 13.3. The Kier molecular flexibility index (Phi) is 5.66. The van der Waals surface area contributed by atoms with Gasteiger partial charge in [0.1, 0.15) is 5.82 Å². The number of piperidine rings is 1. The van der Waals surface area contributed by atoms with Crippen LogP contribution in [-0.2, 0) is 4.79 Å². The van der Waals surface area contributed by atoms with Gasteiger partial charge in [0.15, 0.2) is 0 Å². The van der Waals surface area contributed by atoms with Gasteiger partial charge in [-0.3, -0.25) is 4.79 Å². The average Bonchev–Trinajstić information content (AvgIpc) is 2.43. The van der Waals surface area contributed by atoms with E-state index in [1.54, 1.807) is 30.0 Å². The number of nitrogens with one attached hydrogen (secondary N) is 2. The molecule has 5 heteroatoms. The Morgan fingerprint density at radius 2 is 2.32 bits per heavy atom. The summed E-state index contributed by atoms with van der Waals surface area (Å²) in [5.74, 6) is 1.49. The first-order valence-corrected chi connectivity index (χ1v) is 7.74. The van der Waals surface area contributed by atoms with Crippen molar-refractivity contribution in [2.24, 2.45) is 5.92 Å². The van der Waals surface area contributed by atoms with E-state index in [0.29, 0.717) is 11.7 Å². The molecule has 0 radical (unpaired) electrons. The summed E-state index contributed by atoms with van der Waals surface area (Å²) in [7, 11) is 0. The minimum atomic E-state index is -0.391. The van der Waals surface area contributed by atoms with E-state index in [0.717, 1.165) is 18.8 Å². The minimum Gasteiger partial charge on any atom is -0.323 e. The maximum atomic E-state index is 13.3. The fraction of sp³-hybridized carbons (Fsp3) is 0.500. The lowest BCUT2D eigenvalue weighted by molar-refractivity contribution is -0.113. The van der Waals surface area contributed by atoms with Gasteiger partial charge in [0.25, 0.3) is 0 Å². The van der Waals surface area contributed by atoms with Crippen molar-refractivity contribution in [3.05, 3.63) is 30.1 Å². The number of para-hydroxylation sites is 1. The summed E-state index contributed by atoms with van der Waals surface area (Å²) in [4.78, 5) is 11.7. The summed E-state index contributed by atoms with van der Waals surface area (Å²) in [6, 6.07) is 6.23. The van der Waals surface area contributed by atoms with Crippen LogP contribution in [0.2, 0.25) is 0 Å². The molecule has 19 heavy (non-hydrogen) atoms. The van der Waals surface area contributed by atoms with E-state index in [1.165, 1.54) is 18.9 Å². The maximum absolute atomic E-state index is 13.3. The number of thioether (sulfide) groups is 1. The molecular weight excluding hydrogens is 263 g/mol. The molecule has 2 N–H and O–H groups in total. The maximum Gasteiger partial charge on any atom is 0.234 e. The molecule has 0 bridgehead atoms. The minimum absolute atomic E-state index is 0.140. The second kappa shape index (κ2) is 7.50. The van der Waals surface area contributed by atoms with Gasteiger partial charge in [0, 0.05) is 0 Å². The Morgan fingerprint density at radius 3 is 3.05 bits per heavy atom. The lowest BCUT2D eigenvalue weighted by Gasteiger charge is -2.22. The van der Waals surface area contributed by atoms with E-state index >= 15 is 0 Å². The van der Waals surface area contributed by atoms with Crippen LogP contribution in [0.15, 0.2) is 24.3 Å². The smallest absolute Gasteiger partial charge is 0.234 e. The molecule has 1 aliphatic heterocycles. The number of hydrogen-bond donors (Lipinski definition) is 2. The number of benzene rings is 1. The Balaban J connectivity index is 1.68. The third-order valence-electron chi connectivity index (χ3n) is 3.13. The van der Waals surface area contributed by atoms with Crippen LogP contribution in [-0.4, -0.2) is 30.5 Å². The van der Waals surface area contributed by atoms with E-state index in [9.17, 15) is 9.18 Å². The van der Waals surface area contributed by atoms with Crippen LogP contribution < -0.4 is 10.6 Å². The number of amides is 1. The first kappa shape index (κ1) is 14.3. The van der Waals surface area contributed by atoms with E-state index in [2.05, 4.69) is 10.6 Å². The summed E-state index contributed by atoms with van der Waals surface area (Å²) in [6.45, 7) is 2.15. The monoisotopic (exact) mass is 282 g/mol. The molecule has 0 aliphatic carbocycles. The van der Waals surface area contributed by atoms with Crippen molar-refractivity contribution in [2.45, 2.75) is 12.8 Å². The molecule has 1 aromatic rings. The molecule has 1 fully saturated rings. The molecule has 1 aromatic carbocycles. The molecular formula is C14H19FN2OS. The summed E-state index contributed by atoms with van der Waals surface area (Å²) in [6.07, 6.45) is 2.45. The molecule has 1 aliphatic rings. The first-order chi connectivity index (χ1) is 9.25. The second-order valence-electron chi connectivity index (χ2n) is 4.76. The zero-order valence-corrected chi connectivity index (χ0v) is 11.6. The molecule has 1 saturated heterocycles. The van der Waals surface area contributed by atoms with Crippen LogP contribution in [0.3, 0.4) is 0 Å². The zero-order valence-electron chi connectivity index (χ0n) is 10.8. The Labute approximate surface area is 117 Å². The van der Waals surface area contributed by atoms with E-state index in [1.807, 2.05) is 0 Å². The molecule has 104 valence electrons. The quantitative estimate of drug-likeness (QED) is 0.872. The van der Waals surface area contributed by atoms with Crippen molar-refractivity contribution in [1.29, 1.82) is 0 Å². The summed E-state index contributed by atoms with van der Waals surface area (Å²) in [5, 5.41) is 5.95. The van der Waals surface area contributed by atoms with Crippen molar-refractivity contribution in [3.8, 4) is 0 Å². The molecule has 2 rings (SSSR count). The molecule has 1 amide bonds. The summed E-state index contributed by atoms with van der Waals surface area (Å²) >= 11 is 1.62. The van der Waals surface area contributed by atoms with E-state index < -0.39 is 5.82 Å². The standard InChI is InChI=1S/C14H19FN2OS/c15-12-5-1-2-6-13(12)17-14(18)10-19-9-11-4-3-7-16-8-11/h1-2,5-6,11,16H,3-4,7-10H2,(H,17,18). The fourth-order valence-corrected chi connectivity index (χ4v) is 3.13. The third-order valence-corrected chi connectivity index (χ3v) is 4.31. The molecule has 1 heterocycles. The van der Waals surface area contributed by atoms with Gasteiger partial charge < -0.3 is 10.6 Å². The topological polar surface area (TPSA) is 41.1 Å². The zero-order chi connectivity index (χ0) is 13.5. The Morgan fingerprint density at radius 1 is 1.47 bits per heavy atom. The molecule has 0 spiro atoms. The van der Waals surface area contributed by atoms with Gasteiger partial charge in [-0.1, -0.05) is 12.1 Å². The first-order valence-electron chi connectivity index (χ1n) is 6.58. The highest BCUT2D eigenvalue weighted by atomic mass is 32.2. The van der Waals surface area contributed by atoms with Crippen LogP contribution >= 0.6 is 11.8 Å². The second-order valence-corrected chi connectivity index (χ2v) is 5.79. The number of carbonyl (C=O) groups excluding carboxylic acids is 1. The van der Waals surface area contributed by atoms with Crippen molar-refractivity contribution in [1.82, 2.24) is 5.32 Å². The van der Waals surface area contributed by atoms with Gasteiger partial charge in [-0.2, -0.15) is 11.8 Å². The van der Waals surface area contributed by atoms with Gasteiger partial charge in [-0.15, -0.1) is 0 Å². The van der Waals surface area contributed by atoms with E-state index in [-0.39, 0.29) is 11.6 Å². The molecule has 3 nitrogen and oxygen atoms in total. The number of carbonyl (C=O) groups is 1. The predicted octanol–water partition coefficient (Wildman–Crippen LogP) is 2.50. The highest BCUT2D eigenvalue weighted by molar-refractivity contribution is 7.99. The van der Waals surface area contributed by atoms with E-state index in [4.69, 9.17) is 0 Å². The number of anilines is 1. The van der Waals surface area contributed by atoms with Crippen LogP contribution in [0.5, 0.6) is 0 Å². The molecule has 0 aromatic heterocycles. The summed E-state index contributed by atoms with van der Waals surface area (Å²) in [5.41, 5.74) is 0.257. The van der Waals surface area contributed by atoms with Gasteiger partial charge in [-0.25, -0.2) is 4.39 Å². The van der Waals surface area contributed by atoms with Crippen LogP contribution in [0.1, 0.15) is 12.8 Å². The highest BCUT2D eigenvalue weighted by Crippen LogP contribution is 2.17. The van der Waals surface area contributed by atoms with Crippen LogP contribution in [0.4, 0.5) is 10.1 Å². The number of halogens is 1. The van der Waals surface area contributed by atoms with Gasteiger partial charge in [0.05, 0.1) is 11.4 Å². The Hall–Kier alpha value is -1.07. The van der Waals surface area contributed by atoms with Crippen LogP contribution in [0.25, 0.3) is 0 Å². The molecule has 1 atom stereocenters. The lowest BCUT2D eigenvalue weighted by atomic mass is 10.0. The third kappa shape index (κ3) is 4.84. The van der Waals surface area contributed by atoms with Crippen molar-refractivity contribution < 1.29 is 9.18 Å². The van der Waals surface area contributed by atoms with Gasteiger partial charge in [-0.05, 0) is 49.7 Å². The van der Waals surface area contributed by atoms with Crippen molar-refractivity contribution in [3.63, 3.8) is 0 Å². The molecule has 1 unspecified atom stereocenters. The normalized spacial score (nSPS) is 19.1. The van der Waals surface area contributed by atoms with Gasteiger partial charge in [0.2, 0.25) is 5.91 Å². The lowest BCUT2D eigenvalue weighted by Crippen LogP contribution is -2.31. The predicted molar refractivity (Wildman–Crippen MR) is 77.9 cm³/mol. The largest absolute Gasteiger partial charge is 0.323 e.